The van der Waals surface area contributed by atoms with Crippen molar-refractivity contribution < 1.29 is 13.2 Å². The molecule has 0 aliphatic carbocycles. The Morgan fingerprint density at radius 1 is 0.968 bits per heavy atom. The molecule has 7 heteroatoms. The molecule has 0 atom stereocenters. The molecule has 0 radical (unpaired) electrons. The van der Waals surface area contributed by atoms with E-state index in [0.29, 0.717) is 6.54 Å². The maximum absolute atomic E-state index is 12.4. The molecule has 31 heavy (non-hydrogen) atoms. The number of hydrogen-bond acceptors (Lipinski definition) is 4. The molecule has 1 fully saturated rings. The van der Waals surface area contributed by atoms with E-state index in [4.69, 9.17) is 0 Å². The van der Waals surface area contributed by atoms with Gasteiger partial charge in [0.15, 0.2) is 0 Å². The summed E-state index contributed by atoms with van der Waals surface area (Å²) < 4.78 is 27.4. The second-order valence-corrected chi connectivity index (χ2v) is 10.0. The molecule has 2 aromatic carbocycles. The Kier molecular flexibility index (Phi) is 8.23. The molecule has 6 nitrogen and oxygen atoms in total. The number of carbonyl (C=O) groups excluding carboxylic acids is 1. The van der Waals surface area contributed by atoms with Crippen LogP contribution < -0.4 is 10.0 Å². The van der Waals surface area contributed by atoms with E-state index in [9.17, 15) is 13.2 Å². The highest BCUT2D eigenvalue weighted by Crippen LogP contribution is 2.16. The summed E-state index contributed by atoms with van der Waals surface area (Å²) >= 11 is 0. The average Bonchev–Trinajstić information content (AvgIpc) is 2.75. The van der Waals surface area contributed by atoms with Crippen LogP contribution in [0.4, 0.5) is 0 Å². The predicted octanol–water partition coefficient (Wildman–Crippen LogP) is 3.27. The third kappa shape index (κ3) is 6.89. The maximum atomic E-state index is 12.4. The van der Waals surface area contributed by atoms with Crippen molar-refractivity contribution in [2.75, 3.05) is 19.6 Å². The Morgan fingerprint density at radius 2 is 1.68 bits per heavy atom. The van der Waals surface area contributed by atoms with E-state index in [0.717, 1.165) is 36.3 Å². The van der Waals surface area contributed by atoms with E-state index >= 15 is 0 Å². The van der Waals surface area contributed by atoms with Gasteiger partial charge in [0.25, 0.3) is 0 Å². The molecule has 0 aromatic heterocycles. The third-order valence-electron chi connectivity index (χ3n) is 5.87. The maximum Gasteiger partial charge on any atom is 0.240 e. The van der Waals surface area contributed by atoms with Gasteiger partial charge in [-0.05, 0) is 74.2 Å². The Hall–Kier alpha value is -2.22. The first-order valence-electron chi connectivity index (χ1n) is 11.0. The van der Waals surface area contributed by atoms with Crippen molar-refractivity contribution in [3.05, 3.63) is 64.7 Å². The molecule has 2 N–H and O–H groups in total. The van der Waals surface area contributed by atoms with Gasteiger partial charge in [-0.15, -0.1) is 0 Å². The summed E-state index contributed by atoms with van der Waals surface area (Å²) in [6, 6.07) is 13.2. The summed E-state index contributed by atoms with van der Waals surface area (Å²) in [7, 11) is -3.62. The highest BCUT2D eigenvalue weighted by atomic mass is 32.2. The van der Waals surface area contributed by atoms with Gasteiger partial charge in [0.1, 0.15) is 0 Å². The lowest BCUT2D eigenvalue weighted by Gasteiger charge is -2.27. The van der Waals surface area contributed by atoms with Crippen LogP contribution in [0.3, 0.4) is 0 Å². The van der Waals surface area contributed by atoms with Crippen LogP contribution in [0.2, 0.25) is 0 Å². The number of nitrogens with one attached hydrogen (secondary N) is 2. The SMILES string of the molecule is Cc1ccc(S(=O)(=O)NCCC(=O)NCc2ccccc2CN2CCCCC2)cc1C. The van der Waals surface area contributed by atoms with E-state index in [1.807, 2.05) is 32.0 Å². The zero-order valence-corrected chi connectivity index (χ0v) is 19.3. The number of nitrogens with zero attached hydrogens (tertiary/aromatic N) is 1. The van der Waals surface area contributed by atoms with Crippen LogP contribution in [0.1, 0.15) is 47.9 Å². The lowest BCUT2D eigenvalue weighted by molar-refractivity contribution is -0.121. The van der Waals surface area contributed by atoms with Gasteiger partial charge in [0.2, 0.25) is 15.9 Å². The quantitative estimate of drug-likeness (QED) is 0.624. The van der Waals surface area contributed by atoms with Crippen molar-refractivity contribution in [1.29, 1.82) is 0 Å². The summed E-state index contributed by atoms with van der Waals surface area (Å²) in [4.78, 5) is 15.0. The number of likely N-dealkylation sites (tertiary alicyclic amines) is 1. The number of piperidine rings is 1. The van der Waals surface area contributed by atoms with Crippen LogP contribution in [0.5, 0.6) is 0 Å². The molecule has 2 aromatic rings. The summed E-state index contributed by atoms with van der Waals surface area (Å²) in [5, 5.41) is 2.93. The number of carbonyl (C=O) groups is 1. The molecule has 0 unspecified atom stereocenters. The third-order valence-corrected chi connectivity index (χ3v) is 7.33. The van der Waals surface area contributed by atoms with Gasteiger partial charge in [-0.3, -0.25) is 9.69 Å². The zero-order chi connectivity index (χ0) is 22.3. The highest BCUT2D eigenvalue weighted by Gasteiger charge is 2.16. The summed E-state index contributed by atoms with van der Waals surface area (Å²) in [6.45, 7) is 7.49. The van der Waals surface area contributed by atoms with Crippen LogP contribution in [-0.4, -0.2) is 38.9 Å². The first kappa shape index (κ1) is 23.4. The van der Waals surface area contributed by atoms with Crippen LogP contribution >= 0.6 is 0 Å². The van der Waals surface area contributed by atoms with Crippen molar-refractivity contribution in [3.8, 4) is 0 Å². The Balaban J connectivity index is 1.47. The Labute approximate surface area is 186 Å². The lowest BCUT2D eigenvalue weighted by atomic mass is 10.0. The van der Waals surface area contributed by atoms with Gasteiger partial charge >= 0.3 is 0 Å². The molecule has 0 saturated carbocycles. The number of benzene rings is 2. The number of amides is 1. The van der Waals surface area contributed by atoms with Crippen molar-refractivity contribution >= 4 is 15.9 Å². The minimum atomic E-state index is -3.62. The smallest absolute Gasteiger partial charge is 0.240 e. The standard InChI is InChI=1S/C24H33N3O3S/c1-19-10-11-23(16-20(19)2)31(29,30)26-13-12-24(28)25-17-21-8-4-5-9-22(21)18-27-14-6-3-7-15-27/h4-5,8-11,16,26H,3,6-7,12-15,17-18H2,1-2H3,(H,25,28). The molecular formula is C24H33N3O3S. The average molecular weight is 444 g/mol. The van der Waals surface area contributed by atoms with Crippen LogP contribution in [-0.2, 0) is 27.9 Å². The zero-order valence-electron chi connectivity index (χ0n) is 18.5. The van der Waals surface area contributed by atoms with E-state index < -0.39 is 10.0 Å². The van der Waals surface area contributed by atoms with Crippen LogP contribution in [0.15, 0.2) is 47.4 Å². The molecule has 0 spiro atoms. The fraction of sp³-hybridized carbons (Fsp3) is 0.458. The minimum absolute atomic E-state index is 0.0660. The molecule has 1 saturated heterocycles. The van der Waals surface area contributed by atoms with Crippen molar-refractivity contribution in [2.45, 2.75) is 57.5 Å². The van der Waals surface area contributed by atoms with Gasteiger partial charge in [0, 0.05) is 26.1 Å². The fourth-order valence-electron chi connectivity index (χ4n) is 3.79. The summed E-state index contributed by atoms with van der Waals surface area (Å²) in [6.07, 6.45) is 3.90. The number of aryl methyl sites for hydroxylation is 2. The second kappa shape index (κ2) is 10.9. The molecule has 1 aliphatic rings. The van der Waals surface area contributed by atoms with Crippen molar-refractivity contribution in [2.24, 2.45) is 0 Å². The number of rotatable bonds is 9. The number of hydrogen-bond donors (Lipinski definition) is 2. The Bertz CT molecular complexity index is 999. The molecule has 1 amide bonds. The van der Waals surface area contributed by atoms with Gasteiger partial charge in [-0.2, -0.15) is 0 Å². The molecule has 1 aliphatic heterocycles. The number of sulfonamides is 1. The first-order valence-corrected chi connectivity index (χ1v) is 12.5. The van der Waals surface area contributed by atoms with Crippen molar-refractivity contribution in [1.82, 2.24) is 14.9 Å². The minimum Gasteiger partial charge on any atom is -0.352 e. The molecular weight excluding hydrogens is 410 g/mol. The second-order valence-electron chi connectivity index (χ2n) is 8.28. The molecule has 1 heterocycles. The van der Waals surface area contributed by atoms with Crippen molar-refractivity contribution in [3.63, 3.8) is 0 Å². The van der Waals surface area contributed by atoms with E-state index in [1.54, 1.807) is 18.2 Å². The predicted molar refractivity (Wildman–Crippen MR) is 123 cm³/mol. The van der Waals surface area contributed by atoms with Gasteiger partial charge in [-0.1, -0.05) is 36.8 Å². The largest absolute Gasteiger partial charge is 0.352 e. The monoisotopic (exact) mass is 443 g/mol. The lowest BCUT2D eigenvalue weighted by Crippen LogP contribution is -2.31. The Morgan fingerprint density at radius 3 is 2.39 bits per heavy atom. The topological polar surface area (TPSA) is 78.5 Å². The first-order chi connectivity index (χ1) is 14.8. The van der Waals surface area contributed by atoms with E-state index in [2.05, 4.69) is 21.0 Å². The van der Waals surface area contributed by atoms with Crippen LogP contribution in [0.25, 0.3) is 0 Å². The van der Waals surface area contributed by atoms with Crippen LogP contribution in [0, 0.1) is 13.8 Å². The van der Waals surface area contributed by atoms with Gasteiger partial charge in [0.05, 0.1) is 4.90 Å². The van der Waals surface area contributed by atoms with E-state index in [-0.39, 0.29) is 23.8 Å². The fourth-order valence-corrected chi connectivity index (χ4v) is 4.90. The van der Waals surface area contributed by atoms with Gasteiger partial charge < -0.3 is 5.32 Å². The van der Waals surface area contributed by atoms with Gasteiger partial charge in [-0.25, -0.2) is 13.1 Å². The highest BCUT2D eigenvalue weighted by molar-refractivity contribution is 7.89. The summed E-state index contributed by atoms with van der Waals surface area (Å²) in [5.74, 6) is -0.171. The molecule has 0 bridgehead atoms. The molecule has 168 valence electrons. The van der Waals surface area contributed by atoms with E-state index in [1.165, 1.54) is 24.8 Å². The normalized spacial score (nSPS) is 15.0. The molecule has 3 rings (SSSR count). The summed E-state index contributed by atoms with van der Waals surface area (Å²) in [5.41, 5.74) is 4.31.